The van der Waals surface area contributed by atoms with Crippen LogP contribution in [0.1, 0.15) is 0 Å². The summed E-state index contributed by atoms with van der Waals surface area (Å²) in [6.07, 6.45) is 0. The minimum absolute atomic E-state index is 0.132. The number of hydrogen-bond acceptors (Lipinski definition) is 2. The van der Waals surface area contributed by atoms with E-state index in [9.17, 15) is 27.2 Å². The van der Waals surface area contributed by atoms with Gasteiger partial charge in [-0.2, -0.15) is 0 Å². The van der Waals surface area contributed by atoms with Gasteiger partial charge in [0.15, 0.2) is 17.5 Å². The summed E-state index contributed by atoms with van der Waals surface area (Å²) in [6, 6.07) is 5.91. The molecule has 0 atom stereocenters. The van der Waals surface area contributed by atoms with Crippen molar-refractivity contribution in [1.82, 2.24) is 0 Å². The molecule has 0 bridgehead atoms. The van der Waals surface area contributed by atoms with Crippen LogP contribution >= 0.6 is 0 Å². The second-order valence-electron chi connectivity index (χ2n) is 4.14. The molecule has 0 aliphatic rings. The molecule has 2 aromatic carbocycles. The summed E-state index contributed by atoms with van der Waals surface area (Å²) < 4.78 is 51.8. The Morgan fingerprint density at radius 1 is 0.727 bits per heavy atom. The fourth-order valence-corrected chi connectivity index (χ4v) is 1.52. The first-order valence-corrected chi connectivity index (χ1v) is 5.90. The number of carbonyl (C=O) groups is 2. The van der Waals surface area contributed by atoms with Crippen LogP contribution in [0.4, 0.5) is 28.9 Å². The summed E-state index contributed by atoms with van der Waals surface area (Å²) >= 11 is 0. The van der Waals surface area contributed by atoms with Gasteiger partial charge in [0.2, 0.25) is 0 Å². The van der Waals surface area contributed by atoms with Gasteiger partial charge < -0.3 is 10.6 Å². The summed E-state index contributed by atoms with van der Waals surface area (Å²) in [5, 5.41) is 3.93. The van der Waals surface area contributed by atoms with Crippen molar-refractivity contribution in [1.29, 1.82) is 0 Å². The molecule has 0 aromatic heterocycles. The molecule has 0 saturated heterocycles. The molecule has 2 amide bonds. The van der Waals surface area contributed by atoms with Crippen LogP contribution in [0.5, 0.6) is 0 Å². The third kappa shape index (κ3) is 3.40. The molecule has 0 spiro atoms. The molecule has 22 heavy (non-hydrogen) atoms. The highest BCUT2D eigenvalue weighted by Gasteiger charge is 2.19. The molecule has 0 aliphatic heterocycles. The fraction of sp³-hybridized carbons (Fsp3) is 0. The maximum atomic E-state index is 13.4. The van der Waals surface area contributed by atoms with Crippen LogP contribution in [-0.2, 0) is 9.59 Å². The Morgan fingerprint density at radius 3 is 1.95 bits per heavy atom. The maximum absolute atomic E-state index is 13.4. The average molecular weight is 312 g/mol. The highest BCUT2D eigenvalue weighted by Crippen LogP contribution is 2.19. The van der Waals surface area contributed by atoms with E-state index in [0.29, 0.717) is 6.07 Å². The Kier molecular flexibility index (Phi) is 4.40. The zero-order valence-electron chi connectivity index (χ0n) is 10.8. The second kappa shape index (κ2) is 6.25. The van der Waals surface area contributed by atoms with Crippen LogP contribution in [-0.4, -0.2) is 11.8 Å². The van der Waals surface area contributed by atoms with Gasteiger partial charge in [-0.05, 0) is 36.4 Å². The minimum atomic E-state index is -1.77. The maximum Gasteiger partial charge on any atom is 0.314 e. The number of anilines is 2. The van der Waals surface area contributed by atoms with E-state index in [1.807, 2.05) is 0 Å². The first-order chi connectivity index (χ1) is 10.4. The molecule has 8 heteroatoms. The number of amides is 2. The molecule has 0 unspecified atom stereocenters. The quantitative estimate of drug-likeness (QED) is 0.509. The van der Waals surface area contributed by atoms with Crippen LogP contribution in [0, 0.1) is 23.3 Å². The predicted octanol–water partition coefficient (Wildman–Crippen LogP) is 2.82. The second-order valence-corrected chi connectivity index (χ2v) is 4.14. The predicted molar refractivity (Wildman–Crippen MR) is 70.0 cm³/mol. The van der Waals surface area contributed by atoms with Gasteiger partial charge in [0.1, 0.15) is 5.82 Å². The standard InChI is InChI=1S/C14H8F4N2O2/c15-7-1-3-8(4-2-7)19-13(21)14(22)20-10-6-5-9(16)11(17)12(10)18/h1-6H,(H,19,21)(H,20,22). The van der Waals surface area contributed by atoms with E-state index in [2.05, 4.69) is 5.32 Å². The minimum Gasteiger partial charge on any atom is -0.318 e. The van der Waals surface area contributed by atoms with Crippen LogP contribution in [0.25, 0.3) is 0 Å². The largest absolute Gasteiger partial charge is 0.318 e. The monoisotopic (exact) mass is 312 g/mol. The summed E-state index contributed by atoms with van der Waals surface area (Å²) in [5.41, 5.74) is -0.550. The lowest BCUT2D eigenvalue weighted by atomic mass is 10.2. The molecular formula is C14H8F4N2O2. The molecule has 0 radical (unpaired) electrons. The first-order valence-electron chi connectivity index (χ1n) is 5.90. The van der Waals surface area contributed by atoms with Gasteiger partial charge in [0, 0.05) is 5.69 Å². The Hall–Kier alpha value is -2.90. The summed E-state index contributed by atoms with van der Waals surface area (Å²) in [4.78, 5) is 23.1. The number of hydrogen-bond donors (Lipinski definition) is 2. The van der Waals surface area contributed by atoms with Gasteiger partial charge in [-0.25, -0.2) is 17.6 Å². The number of rotatable bonds is 2. The van der Waals surface area contributed by atoms with Crippen LogP contribution in [0.3, 0.4) is 0 Å². The summed E-state index contributed by atoms with van der Waals surface area (Å²) in [6.45, 7) is 0. The van der Waals surface area contributed by atoms with Gasteiger partial charge in [-0.1, -0.05) is 0 Å². The van der Waals surface area contributed by atoms with Crippen molar-refractivity contribution in [2.24, 2.45) is 0 Å². The third-order valence-electron chi connectivity index (χ3n) is 2.59. The summed E-state index contributed by atoms with van der Waals surface area (Å²) in [5.74, 6) is -7.83. The smallest absolute Gasteiger partial charge is 0.314 e. The molecule has 114 valence electrons. The van der Waals surface area contributed by atoms with Gasteiger partial charge >= 0.3 is 11.8 Å². The molecule has 2 aromatic rings. The zero-order valence-corrected chi connectivity index (χ0v) is 10.8. The Balaban J connectivity index is 2.07. The normalized spacial score (nSPS) is 10.2. The van der Waals surface area contributed by atoms with E-state index >= 15 is 0 Å². The molecule has 0 fully saturated rings. The number of nitrogens with one attached hydrogen (secondary N) is 2. The van der Waals surface area contributed by atoms with Gasteiger partial charge in [-0.15, -0.1) is 0 Å². The average Bonchev–Trinajstić information content (AvgIpc) is 2.50. The molecule has 2 rings (SSSR count). The first kappa shape index (κ1) is 15.5. The van der Waals surface area contributed by atoms with Crippen molar-refractivity contribution in [3.8, 4) is 0 Å². The van der Waals surface area contributed by atoms with Crippen molar-refractivity contribution in [3.63, 3.8) is 0 Å². The third-order valence-corrected chi connectivity index (χ3v) is 2.59. The van der Waals surface area contributed by atoms with E-state index in [1.54, 1.807) is 5.32 Å². The van der Waals surface area contributed by atoms with E-state index in [4.69, 9.17) is 0 Å². The number of carbonyl (C=O) groups excluding carboxylic acids is 2. The lowest BCUT2D eigenvalue weighted by molar-refractivity contribution is -0.133. The molecule has 0 saturated carbocycles. The van der Waals surface area contributed by atoms with Crippen molar-refractivity contribution in [3.05, 3.63) is 59.7 Å². The van der Waals surface area contributed by atoms with E-state index < -0.39 is 40.8 Å². The van der Waals surface area contributed by atoms with Crippen molar-refractivity contribution >= 4 is 23.2 Å². The topological polar surface area (TPSA) is 58.2 Å². The van der Waals surface area contributed by atoms with Gasteiger partial charge in [0.05, 0.1) is 5.69 Å². The van der Waals surface area contributed by atoms with Crippen molar-refractivity contribution < 1.29 is 27.2 Å². The van der Waals surface area contributed by atoms with E-state index in [1.165, 1.54) is 12.1 Å². The molecule has 2 N–H and O–H groups in total. The van der Waals surface area contributed by atoms with E-state index in [0.717, 1.165) is 18.2 Å². The Labute approximate surface area is 121 Å². The van der Waals surface area contributed by atoms with Crippen LogP contribution in [0.2, 0.25) is 0 Å². The SMILES string of the molecule is O=C(Nc1ccc(F)cc1)C(=O)Nc1ccc(F)c(F)c1F. The van der Waals surface area contributed by atoms with Crippen LogP contribution < -0.4 is 10.6 Å². The highest BCUT2D eigenvalue weighted by molar-refractivity contribution is 6.43. The van der Waals surface area contributed by atoms with E-state index in [-0.39, 0.29) is 5.69 Å². The molecule has 4 nitrogen and oxygen atoms in total. The van der Waals surface area contributed by atoms with Crippen molar-refractivity contribution in [2.45, 2.75) is 0 Å². The highest BCUT2D eigenvalue weighted by atomic mass is 19.2. The molecular weight excluding hydrogens is 304 g/mol. The molecule has 0 aliphatic carbocycles. The lowest BCUT2D eigenvalue weighted by Crippen LogP contribution is -2.29. The van der Waals surface area contributed by atoms with Crippen molar-refractivity contribution in [2.75, 3.05) is 10.6 Å². The van der Waals surface area contributed by atoms with Gasteiger partial charge in [-0.3, -0.25) is 9.59 Å². The Morgan fingerprint density at radius 2 is 1.32 bits per heavy atom. The Bertz CT molecular complexity index is 732. The zero-order chi connectivity index (χ0) is 16.3. The summed E-state index contributed by atoms with van der Waals surface area (Å²) in [7, 11) is 0. The molecule has 0 heterocycles. The lowest BCUT2D eigenvalue weighted by Gasteiger charge is -2.08. The fourth-order valence-electron chi connectivity index (χ4n) is 1.52. The van der Waals surface area contributed by atoms with Gasteiger partial charge in [0.25, 0.3) is 0 Å². The van der Waals surface area contributed by atoms with Crippen LogP contribution in [0.15, 0.2) is 36.4 Å². The number of halogens is 4. The number of benzene rings is 2.